The van der Waals surface area contributed by atoms with Gasteiger partial charge >= 0.3 is 12.1 Å². The van der Waals surface area contributed by atoms with E-state index in [0.29, 0.717) is 5.56 Å². The molecule has 0 spiro atoms. The van der Waals surface area contributed by atoms with E-state index in [0.717, 1.165) is 12.1 Å². The monoisotopic (exact) mass is 414 g/mol. The summed E-state index contributed by atoms with van der Waals surface area (Å²) in [6.45, 7) is 1.68. The maximum absolute atomic E-state index is 13.0. The molecule has 3 rings (SSSR count). The summed E-state index contributed by atoms with van der Waals surface area (Å²) in [6.07, 6.45) is -4.52. The van der Waals surface area contributed by atoms with Crippen LogP contribution in [-0.2, 0) is 20.4 Å². The number of allylic oxidation sites excluding steroid dienone is 1. The topological polar surface area (TPSA) is 85.3 Å². The second-order valence-electron chi connectivity index (χ2n) is 6.37. The van der Waals surface area contributed by atoms with Gasteiger partial charge in [-0.15, -0.1) is 0 Å². The molecule has 1 aliphatic heterocycles. The van der Waals surface area contributed by atoms with Crippen LogP contribution in [0.15, 0.2) is 71.6 Å². The summed E-state index contributed by atoms with van der Waals surface area (Å²) in [5.41, 5.74) is 5.80. The van der Waals surface area contributed by atoms with Crippen LogP contribution in [0.3, 0.4) is 0 Å². The number of hydrogen-bond acceptors (Lipinski definition) is 5. The number of ether oxygens (including phenoxy) is 2. The number of halogens is 3. The lowest BCUT2D eigenvalue weighted by atomic mass is 9.81. The molecule has 5 nitrogen and oxygen atoms in total. The molecule has 2 aromatic carbocycles. The Hall–Kier alpha value is -3.73. The Kier molecular flexibility index (Phi) is 5.83. The normalized spacial score (nSPS) is 16.7. The average molecular weight is 414 g/mol. The first-order valence-corrected chi connectivity index (χ1v) is 8.99. The average Bonchev–Trinajstić information content (AvgIpc) is 2.73. The van der Waals surface area contributed by atoms with Gasteiger partial charge in [0.25, 0.3) is 0 Å². The van der Waals surface area contributed by atoms with Crippen LogP contribution in [0.5, 0.6) is 0 Å². The van der Waals surface area contributed by atoms with Gasteiger partial charge in [0.05, 0.1) is 23.7 Å². The number of nitrogens with zero attached hydrogens (tertiary/aromatic N) is 1. The molecular formula is C22H17F3N2O3. The van der Waals surface area contributed by atoms with Crippen molar-refractivity contribution in [1.82, 2.24) is 0 Å². The van der Waals surface area contributed by atoms with E-state index in [-0.39, 0.29) is 35.0 Å². The second-order valence-corrected chi connectivity index (χ2v) is 6.37. The third-order valence-electron chi connectivity index (χ3n) is 4.52. The largest absolute Gasteiger partial charge is 0.463 e. The van der Waals surface area contributed by atoms with E-state index in [1.165, 1.54) is 12.1 Å². The van der Waals surface area contributed by atoms with Crippen LogP contribution in [0.4, 0.5) is 13.2 Å². The van der Waals surface area contributed by atoms with E-state index in [9.17, 15) is 23.2 Å². The minimum atomic E-state index is -4.52. The molecule has 0 amide bonds. The number of nitriles is 1. The zero-order valence-corrected chi connectivity index (χ0v) is 15.9. The van der Waals surface area contributed by atoms with Crippen molar-refractivity contribution in [3.8, 4) is 6.07 Å². The Morgan fingerprint density at radius 3 is 2.33 bits per heavy atom. The molecule has 2 N–H and O–H groups in total. The van der Waals surface area contributed by atoms with Gasteiger partial charge in [-0.2, -0.15) is 18.4 Å². The molecule has 154 valence electrons. The molecule has 0 aliphatic carbocycles. The Morgan fingerprint density at radius 1 is 1.17 bits per heavy atom. The van der Waals surface area contributed by atoms with Gasteiger partial charge in [-0.1, -0.05) is 42.5 Å². The van der Waals surface area contributed by atoms with Crippen LogP contribution in [0, 0.1) is 11.3 Å². The maximum Gasteiger partial charge on any atom is 0.416 e. The Bertz CT molecular complexity index is 1050. The molecule has 0 saturated carbocycles. The summed E-state index contributed by atoms with van der Waals surface area (Å²) in [5.74, 6) is -1.92. The van der Waals surface area contributed by atoms with Crippen LogP contribution in [0.1, 0.15) is 29.5 Å². The number of carbonyl (C=O) groups excluding carboxylic acids is 1. The smallest absolute Gasteiger partial charge is 0.416 e. The first-order chi connectivity index (χ1) is 14.3. The van der Waals surface area contributed by atoms with Crippen molar-refractivity contribution < 1.29 is 27.4 Å². The fourth-order valence-electron chi connectivity index (χ4n) is 3.18. The van der Waals surface area contributed by atoms with Gasteiger partial charge in [0, 0.05) is 5.56 Å². The predicted octanol–water partition coefficient (Wildman–Crippen LogP) is 4.49. The van der Waals surface area contributed by atoms with E-state index in [1.54, 1.807) is 37.3 Å². The molecule has 0 bridgehead atoms. The van der Waals surface area contributed by atoms with Gasteiger partial charge < -0.3 is 15.2 Å². The molecule has 30 heavy (non-hydrogen) atoms. The van der Waals surface area contributed by atoms with E-state index < -0.39 is 23.6 Å². The molecule has 1 aliphatic rings. The highest BCUT2D eigenvalue weighted by molar-refractivity contribution is 5.99. The highest BCUT2D eigenvalue weighted by Gasteiger charge is 2.39. The number of rotatable bonds is 4. The Morgan fingerprint density at radius 2 is 1.80 bits per heavy atom. The number of alkyl halides is 3. The number of carbonyl (C=O) groups is 1. The van der Waals surface area contributed by atoms with Crippen LogP contribution in [-0.4, -0.2) is 12.6 Å². The lowest BCUT2D eigenvalue weighted by Crippen LogP contribution is -2.26. The molecule has 0 radical (unpaired) electrons. The molecular weight excluding hydrogens is 397 g/mol. The van der Waals surface area contributed by atoms with Gasteiger partial charge in [0.1, 0.15) is 17.4 Å². The van der Waals surface area contributed by atoms with Crippen molar-refractivity contribution >= 4 is 11.7 Å². The van der Waals surface area contributed by atoms with Crippen molar-refractivity contribution in [2.45, 2.75) is 19.0 Å². The van der Waals surface area contributed by atoms with E-state index in [1.807, 2.05) is 6.07 Å². The van der Waals surface area contributed by atoms with Gasteiger partial charge in [-0.25, -0.2) is 4.79 Å². The molecule has 2 aromatic rings. The Balaban J connectivity index is 2.23. The minimum Gasteiger partial charge on any atom is -0.463 e. The third kappa shape index (κ3) is 4.01. The zero-order chi connectivity index (χ0) is 21.9. The summed E-state index contributed by atoms with van der Waals surface area (Å²) in [5, 5.41) is 9.64. The molecule has 1 heterocycles. The van der Waals surface area contributed by atoms with E-state index >= 15 is 0 Å². The van der Waals surface area contributed by atoms with Gasteiger partial charge in [0.2, 0.25) is 5.88 Å². The van der Waals surface area contributed by atoms with Crippen LogP contribution in [0.2, 0.25) is 0 Å². The fourth-order valence-corrected chi connectivity index (χ4v) is 3.18. The zero-order valence-electron chi connectivity index (χ0n) is 15.9. The van der Waals surface area contributed by atoms with Crippen LogP contribution in [0.25, 0.3) is 5.76 Å². The van der Waals surface area contributed by atoms with E-state index in [4.69, 9.17) is 15.2 Å². The van der Waals surface area contributed by atoms with Crippen molar-refractivity contribution in [2.24, 2.45) is 5.73 Å². The molecule has 0 fully saturated rings. The summed E-state index contributed by atoms with van der Waals surface area (Å²) in [6, 6.07) is 14.7. The Labute approximate surface area is 170 Å². The van der Waals surface area contributed by atoms with Crippen molar-refractivity contribution in [1.29, 1.82) is 5.26 Å². The number of esters is 1. The highest BCUT2D eigenvalue weighted by atomic mass is 19.4. The first kappa shape index (κ1) is 21.0. The predicted molar refractivity (Wildman–Crippen MR) is 102 cm³/mol. The van der Waals surface area contributed by atoms with Crippen molar-refractivity contribution in [3.05, 3.63) is 88.3 Å². The SMILES string of the molecule is CCOC(=O)C1=C(c2ccccc2)OC(N)=C(C#N)C1c1ccc(C(F)(F)F)cc1. The van der Waals surface area contributed by atoms with Gasteiger partial charge in [-0.3, -0.25) is 0 Å². The summed E-state index contributed by atoms with van der Waals surface area (Å²) >= 11 is 0. The van der Waals surface area contributed by atoms with Gasteiger partial charge in [0.15, 0.2) is 0 Å². The quantitative estimate of drug-likeness (QED) is 0.746. The minimum absolute atomic E-state index is 0.00596. The van der Waals surface area contributed by atoms with E-state index in [2.05, 4.69) is 0 Å². The summed E-state index contributed by atoms with van der Waals surface area (Å²) in [7, 11) is 0. The summed E-state index contributed by atoms with van der Waals surface area (Å²) < 4.78 is 49.7. The molecule has 8 heteroatoms. The molecule has 0 aromatic heterocycles. The fraction of sp³-hybridized carbons (Fsp3) is 0.182. The summed E-state index contributed by atoms with van der Waals surface area (Å²) in [4.78, 5) is 12.8. The highest BCUT2D eigenvalue weighted by Crippen LogP contribution is 2.43. The standard InChI is InChI=1S/C22H17F3N2O3/c1-2-29-21(28)18-17(13-8-10-15(11-9-13)22(23,24)25)16(12-26)20(27)30-19(18)14-6-4-3-5-7-14/h3-11,17H,2,27H2,1H3. The first-order valence-electron chi connectivity index (χ1n) is 8.99. The third-order valence-corrected chi connectivity index (χ3v) is 4.52. The number of benzene rings is 2. The van der Waals surface area contributed by atoms with Crippen molar-refractivity contribution in [3.63, 3.8) is 0 Å². The van der Waals surface area contributed by atoms with Crippen LogP contribution < -0.4 is 5.73 Å². The van der Waals surface area contributed by atoms with Crippen molar-refractivity contribution in [2.75, 3.05) is 6.61 Å². The van der Waals surface area contributed by atoms with Gasteiger partial charge in [-0.05, 0) is 24.6 Å². The second kappa shape index (κ2) is 8.33. The molecule has 0 saturated heterocycles. The number of nitrogens with two attached hydrogens (primary N) is 1. The maximum atomic E-state index is 13.0. The molecule has 1 unspecified atom stereocenters. The number of hydrogen-bond donors (Lipinski definition) is 1. The lowest BCUT2D eigenvalue weighted by molar-refractivity contribution is -0.139. The molecule has 1 atom stereocenters. The lowest BCUT2D eigenvalue weighted by Gasteiger charge is -2.28. The van der Waals surface area contributed by atoms with Crippen LogP contribution >= 0.6 is 0 Å².